The average Bonchev–Trinajstić information content (AvgIpc) is 2.20. The van der Waals surface area contributed by atoms with Gasteiger partial charge in [-0.05, 0) is 38.2 Å². The fraction of sp³-hybridized carbons (Fsp3) is 0.500. The van der Waals surface area contributed by atoms with Crippen LogP contribution in [0.15, 0.2) is 24.3 Å². The van der Waals surface area contributed by atoms with Gasteiger partial charge >= 0.3 is 0 Å². The minimum absolute atomic E-state index is 0.776. The topological polar surface area (TPSA) is 38.5 Å². The monoisotopic (exact) mass is 208 g/mol. The van der Waals surface area contributed by atoms with Crippen LogP contribution >= 0.6 is 0 Å². The molecule has 15 heavy (non-hydrogen) atoms. The van der Waals surface area contributed by atoms with Crippen LogP contribution in [0.4, 0.5) is 5.69 Å². The van der Waals surface area contributed by atoms with Crippen molar-refractivity contribution in [1.82, 2.24) is 4.90 Å². The van der Waals surface area contributed by atoms with Gasteiger partial charge in [0, 0.05) is 12.2 Å². The highest BCUT2D eigenvalue weighted by Crippen LogP contribution is 2.05. The Kier molecular flexibility index (Phi) is 5.15. The number of likely N-dealkylation sites (N-methyl/N-ethyl adjacent to an activating group) is 1. The zero-order valence-corrected chi connectivity index (χ0v) is 9.57. The van der Waals surface area contributed by atoms with Gasteiger partial charge in [-0.25, -0.2) is 0 Å². The quantitative estimate of drug-likeness (QED) is 0.567. The van der Waals surface area contributed by atoms with Gasteiger partial charge in [0.25, 0.3) is 0 Å². The molecule has 3 heteroatoms. The second-order valence-electron chi connectivity index (χ2n) is 3.91. The van der Waals surface area contributed by atoms with Crippen molar-refractivity contribution in [2.75, 3.05) is 39.6 Å². The summed E-state index contributed by atoms with van der Waals surface area (Å²) in [6, 6.07) is 7.94. The van der Waals surface area contributed by atoms with Crippen molar-refractivity contribution in [2.45, 2.75) is 6.42 Å². The summed E-state index contributed by atoms with van der Waals surface area (Å²) in [7, 11) is 4.09. The summed E-state index contributed by atoms with van der Waals surface area (Å²) in [6.45, 7) is 2.54. The normalized spacial score (nSPS) is 10.9. The molecule has 3 nitrogen and oxygen atoms in total. The largest absolute Gasteiger partial charge is 0.399 e. The first-order valence-electron chi connectivity index (χ1n) is 5.25. The molecule has 1 aromatic rings. The van der Waals surface area contributed by atoms with E-state index in [0.717, 1.165) is 31.9 Å². The number of ether oxygens (including phenoxy) is 1. The maximum Gasteiger partial charge on any atom is 0.0593 e. The highest BCUT2D eigenvalue weighted by atomic mass is 16.5. The van der Waals surface area contributed by atoms with Crippen LogP contribution in [0, 0.1) is 0 Å². The fourth-order valence-electron chi connectivity index (χ4n) is 1.22. The number of benzene rings is 1. The Morgan fingerprint density at radius 2 is 1.80 bits per heavy atom. The van der Waals surface area contributed by atoms with Crippen molar-refractivity contribution in [1.29, 1.82) is 0 Å². The number of nitrogens with zero attached hydrogens (tertiary/aromatic N) is 1. The molecule has 1 aromatic carbocycles. The Hall–Kier alpha value is -1.06. The SMILES string of the molecule is CN(C)CCOCCc1ccc(N)cc1. The molecule has 84 valence electrons. The Labute approximate surface area is 91.8 Å². The lowest BCUT2D eigenvalue weighted by molar-refractivity contribution is 0.120. The van der Waals surface area contributed by atoms with Gasteiger partial charge in [-0.3, -0.25) is 0 Å². The first-order valence-corrected chi connectivity index (χ1v) is 5.25. The lowest BCUT2D eigenvalue weighted by atomic mass is 10.1. The number of anilines is 1. The van der Waals surface area contributed by atoms with E-state index in [1.165, 1.54) is 5.56 Å². The van der Waals surface area contributed by atoms with E-state index in [-0.39, 0.29) is 0 Å². The summed E-state index contributed by atoms with van der Waals surface area (Å²) in [5.74, 6) is 0. The first kappa shape index (κ1) is 12.0. The molecule has 0 spiro atoms. The van der Waals surface area contributed by atoms with Gasteiger partial charge in [0.05, 0.1) is 13.2 Å². The summed E-state index contributed by atoms with van der Waals surface area (Å²) >= 11 is 0. The number of rotatable bonds is 6. The summed E-state index contributed by atoms with van der Waals surface area (Å²) in [6.07, 6.45) is 0.952. The molecular weight excluding hydrogens is 188 g/mol. The predicted octanol–water partition coefficient (Wildman–Crippen LogP) is 1.39. The van der Waals surface area contributed by atoms with Crippen LogP contribution in [0.25, 0.3) is 0 Å². The maximum atomic E-state index is 5.60. The Morgan fingerprint density at radius 3 is 2.40 bits per heavy atom. The molecule has 0 aliphatic rings. The average molecular weight is 208 g/mol. The molecule has 0 bridgehead atoms. The second-order valence-corrected chi connectivity index (χ2v) is 3.91. The van der Waals surface area contributed by atoms with Gasteiger partial charge in [0.2, 0.25) is 0 Å². The molecule has 0 saturated heterocycles. The molecule has 0 aliphatic heterocycles. The highest BCUT2D eigenvalue weighted by molar-refractivity contribution is 5.39. The molecule has 0 heterocycles. The summed E-state index contributed by atoms with van der Waals surface area (Å²) < 4.78 is 5.51. The van der Waals surface area contributed by atoms with Crippen LogP contribution in [0.1, 0.15) is 5.56 Å². The van der Waals surface area contributed by atoms with E-state index in [1.54, 1.807) is 0 Å². The van der Waals surface area contributed by atoms with Crippen LogP contribution in [-0.2, 0) is 11.2 Å². The third-order valence-electron chi connectivity index (χ3n) is 2.20. The van der Waals surface area contributed by atoms with Gasteiger partial charge in [-0.1, -0.05) is 12.1 Å². The predicted molar refractivity (Wildman–Crippen MR) is 63.9 cm³/mol. The van der Waals surface area contributed by atoms with Gasteiger partial charge in [-0.2, -0.15) is 0 Å². The van der Waals surface area contributed by atoms with Crippen molar-refractivity contribution in [3.05, 3.63) is 29.8 Å². The lowest BCUT2D eigenvalue weighted by Gasteiger charge is -2.09. The summed E-state index contributed by atoms with van der Waals surface area (Å²) in [5, 5.41) is 0. The highest BCUT2D eigenvalue weighted by Gasteiger charge is 1.94. The van der Waals surface area contributed by atoms with Crippen molar-refractivity contribution < 1.29 is 4.74 Å². The zero-order chi connectivity index (χ0) is 11.1. The molecule has 0 unspecified atom stereocenters. The Balaban J connectivity index is 2.12. The lowest BCUT2D eigenvalue weighted by Crippen LogP contribution is -2.18. The summed E-state index contributed by atoms with van der Waals surface area (Å²) in [5.41, 5.74) is 7.68. The number of hydrogen-bond donors (Lipinski definition) is 1. The Bertz CT molecular complexity index is 269. The molecule has 0 radical (unpaired) electrons. The molecule has 0 amide bonds. The van der Waals surface area contributed by atoms with E-state index >= 15 is 0 Å². The number of nitrogen functional groups attached to an aromatic ring is 1. The maximum absolute atomic E-state index is 5.60. The van der Waals surface area contributed by atoms with Crippen LogP contribution < -0.4 is 5.73 Å². The van der Waals surface area contributed by atoms with Crippen molar-refractivity contribution in [3.8, 4) is 0 Å². The van der Waals surface area contributed by atoms with Crippen LogP contribution in [-0.4, -0.2) is 38.8 Å². The fourth-order valence-corrected chi connectivity index (χ4v) is 1.22. The molecule has 0 atom stereocenters. The van der Waals surface area contributed by atoms with Crippen LogP contribution in [0.5, 0.6) is 0 Å². The molecule has 1 rings (SSSR count). The standard InChI is InChI=1S/C12H20N2O/c1-14(2)8-10-15-9-7-11-3-5-12(13)6-4-11/h3-6H,7-10,13H2,1-2H3. The molecule has 0 saturated carbocycles. The van der Waals surface area contributed by atoms with Crippen molar-refractivity contribution in [3.63, 3.8) is 0 Å². The Morgan fingerprint density at radius 1 is 1.13 bits per heavy atom. The third-order valence-corrected chi connectivity index (χ3v) is 2.20. The van der Waals surface area contributed by atoms with Gasteiger partial charge in [-0.15, -0.1) is 0 Å². The van der Waals surface area contributed by atoms with E-state index in [2.05, 4.69) is 4.90 Å². The van der Waals surface area contributed by atoms with E-state index in [9.17, 15) is 0 Å². The number of nitrogens with two attached hydrogens (primary N) is 1. The molecular formula is C12H20N2O. The van der Waals surface area contributed by atoms with Crippen molar-refractivity contribution >= 4 is 5.69 Å². The molecule has 2 N–H and O–H groups in total. The van der Waals surface area contributed by atoms with E-state index < -0.39 is 0 Å². The zero-order valence-electron chi connectivity index (χ0n) is 9.57. The van der Waals surface area contributed by atoms with Crippen LogP contribution in [0.3, 0.4) is 0 Å². The molecule has 0 aliphatic carbocycles. The molecule has 0 fully saturated rings. The van der Waals surface area contributed by atoms with Gasteiger partial charge < -0.3 is 15.4 Å². The first-order chi connectivity index (χ1) is 7.18. The van der Waals surface area contributed by atoms with E-state index in [4.69, 9.17) is 10.5 Å². The minimum Gasteiger partial charge on any atom is -0.399 e. The van der Waals surface area contributed by atoms with Gasteiger partial charge in [0.15, 0.2) is 0 Å². The number of hydrogen-bond acceptors (Lipinski definition) is 3. The van der Waals surface area contributed by atoms with E-state index in [0.29, 0.717) is 0 Å². The summed E-state index contributed by atoms with van der Waals surface area (Å²) in [4.78, 5) is 2.11. The second kappa shape index (κ2) is 6.43. The third kappa shape index (κ3) is 5.40. The van der Waals surface area contributed by atoms with Crippen molar-refractivity contribution in [2.24, 2.45) is 0 Å². The molecule has 0 aromatic heterocycles. The van der Waals surface area contributed by atoms with E-state index in [1.807, 2.05) is 38.4 Å². The van der Waals surface area contributed by atoms with Crippen LogP contribution in [0.2, 0.25) is 0 Å². The smallest absolute Gasteiger partial charge is 0.0593 e. The van der Waals surface area contributed by atoms with Gasteiger partial charge in [0.1, 0.15) is 0 Å². The minimum atomic E-state index is 0.776.